The van der Waals surface area contributed by atoms with Crippen LogP contribution in [0.5, 0.6) is 5.88 Å². The molecule has 0 unspecified atom stereocenters. The minimum atomic E-state index is -0.657. The quantitative estimate of drug-likeness (QED) is 0.376. The van der Waals surface area contributed by atoms with Gasteiger partial charge in [-0.15, -0.1) is 0 Å². The fourth-order valence-corrected chi connectivity index (χ4v) is 1.23. The van der Waals surface area contributed by atoms with Crippen molar-refractivity contribution in [1.29, 1.82) is 0 Å². The van der Waals surface area contributed by atoms with Gasteiger partial charge in [-0.25, -0.2) is 10.8 Å². The Bertz CT molecular complexity index is 544. The minimum Gasteiger partial charge on any atom is -0.493 e. The maximum atomic E-state index is 11.2. The number of carbonyl (C=O) groups excluding carboxylic acids is 1. The fraction of sp³-hybridized carbons (Fsp3) is 0. The van der Waals surface area contributed by atoms with Crippen molar-refractivity contribution in [3.63, 3.8) is 0 Å². The van der Waals surface area contributed by atoms with Gasteiger partial charge in [0.2, 0.25) is 5.88 Å². The lowest BCUT2D eigenvalue weighted by atomic mass is 10.3. The average molecular weight is 231 g/mol. The number of amides is 1. The Morgan fingerprint density at radius 3 is 2.76 bits per heavy atom. The number of nitrogen functional groups attached to an aromatic ring is 1. The summed E-state index contributed by atoms with van der Waals surface area (Å²) in [6.45, 7) is 0. The number of aromatic nitrogens is 3. The highest BCUT2D eigenvalue weighted by Crippen LogP contribution is 2.17. The molecule has 2 aromatic rings. The molecule has 17 heavy (non-hydrogen) atoms. The number of nitrogens with two attached hydrogens (primary N) is 1. The Kier molecular flexibility index (Phi) is 2.93. The van der Waals surface area contributed by atoms with Crippen molar-refractivity contribution >= 4 is 5.91 Å². The van der Waals surface area contributed by atoms with Gasteiger partial charge in [-0.1, -0.05) is 6.07 Å². The summed E-state index contributed by atoms with van der Waals surface area (Å²) in [5.41, 5.74) is 2.30. The monoisotopic (exact) mass is 231 g/mol. The molecule has 0 fully saturated rings. The number of pyridine rings is 1. The largest absolute Gasteiger partial charge is 0.493 e. The van der Waals surface area contributed by atoms with E-state index >= 15 is 0 Å². The van der Waals surface area contributed by atoms with E-state index in [4.69, 9.17) is 5.84 Å². The number of nitrogens with one attached hydrogen (secondary N) is 1. The fourth-order valence-electron chi connectivity index (χ4n) is 1.23. The number of hydrogen-bond acceptors (Lipinski definition) is 6. The highest BCUT2D eigenvalue weighted by Gasteiger charge is 2.13. The first-order valence-corrected chi connectivity index (χ1v) is 4.70. The van der Waals surface area contributed by atoms with Crippen LogP contribution in [0.4, 0.5) is 0 Å². The number of hydrazine groups is 1. The zero-order valence-corrected chi connectivity index (χ0v) is 8.66. The summed E-state index contributed by atoms with van der Waals surface area (Å²) in [4.78, 5) is 22.9. The Balaban J connectivity index is 2.41. The molecule has 0 aliphatic heterocycles. The van der Waals surface area contributed by atoms with Crippen LogP contribution >= 0.6 is 0 Å². The molecule has 0 spiro atoms. The summed E-state index contributed by atoms with van der Waals surface area (Å²) in [5, 5.41) is 9.56. The summed E-state index contributed by atoms with van der Waals surface area (Å²) in [6, 6.07) is 5.21. The van der Waals surface area contributed by atoms with Crippen LogP contribution in [-0.2, 0) is 0 Å². The molecular weight excluding hydrogens is 222 g/mol. The summed E-state index contributed by atoms with van der Waals surface area (Å²) in [7, 11) is 0. The van der Waals surface area contributed by atoms with E-state index in [-0.39, 0.29) is 11.4 Å². The van der Waals surface area contributed by atoms with Crippen molar-refractivity contribution in [3.8, 4) is 17.4 Å². The van der Waals surface area contributed by atoms with Crippen LogP contribution in [0, 0.1) is 0 Å². The molecule has 0 aliphatic carbocycles. The van der Waals surface area contributed by atoms with Crippen LogP contribution in [-0.4, -0.2) is 26.0 Å². The molecule has 7 nitrogen and oxygen atoms in total. The standard InChI is InChI=1S/C10H9N5O2/c11-15-10(17)6-5-13-8(14-9(6)16)7-3-1-2-4-12-7/h1-5H,11H2,(H,15,17)(H,13,14,16). The lowest BCUT2D eigenvalue weighted by molar-refractivity contribution is 0.0950. The minimum absolute atomic E-state index is 0.0906. The molecule has 86 valence electrons. The Morgan fingerprint density at radius 2 is 2.18 bits per heavy atom. The topological polar surface area (TPSA) is 114 Å². The van der Waals surface area contributed by atoms with E-state index in [1.807, 2.05) is 5.43 Å². The summed E-state index contributed by atoms with van der Waals surface area (Å²) >= 11 is 0. The third-order valence-corrected chi connectivity index (χ3v) is 2.04. The highest BCUT2D eigenvalue weighted by molar-refractivity contribution is 5.95. The predicted molar refractivity (Wildman–Crippen MR) is 58.6 cm³/mol. The van der Waals surface area contributed by atoms with Crippen molar-refractivity contribution in [2.75, 3.05) is 0 Å². The first kappa shape index (κ1) is 11.0. The van der Waals surface area contributed by atoms with Gasteiger partial charge in [0.05, 0.1) is 0 Å². The molecule has 0 radical (unpaired) electrons. The third-order valence-electron chi connectivity index (χ3n) is 2.04. The predicted octanol–water partition coefficient (Wildman–Crippen LogP) is -0.152. The molecule has 7 heteroatoms. The van der Waals surface area contributed by atoms with E-state index < -0.39 is 11.8 Å². The van der Waals surface area contributed by atoms with E-state index in [9.17, 15) is 9.90 Å². The van der Waals surface area contributed by atoms with Crippen LogP contribution < -0.4 is 11.3 Å². The van der Waals surface area contributed by atoms with E-state index in [2.05, 4.69) is 15.0 Å². The van der Waals surface area contributed by atoms with Gasteiger partial charge in [0.1, 0.15) is 11.3 Å². The number of carbonyl (C=O) groups is 1. The Hall–Kier alpha value is -2.54. The number of rotatable bonds is 2. The van der Waals surface area contributed by atoms with Crippen molar-refractivity contribution in [3.05, 3.63) is 36.2 Å². The molecule has 0 saturated heterocycles. The number of nitrogens with zero attached hydrogens (tertiary/aromatic N) is 3. The molecular formula is C10H9N5O2. The van der Waals surface area contributed by atoms with E-state index in [0.717, 1.165) is 0 Å². The van der Waals surface area contributed by atoms with Crippen LogP contribution in [0.3, 0.4) is 0 Å². The SMILES string of the molecule is NNC(=O)c1cnc(-c2ccccn2)nc1O. The third kappa shape index (κ3) is 2.18. The van der Waals surface area contributed by atoms with Crippen molar-refractivity contribution in [1.82, 2.24) is 20.4 Å². The molecule has 0 bridgehead atoms. The van der Waals surface area contributed by atoms with Crippen LogP contribution in [0.15, 0.2) is 30.6 Å². The highest BCUT2D eigenvalue weighted by atomic mass is 16.3. The molecule has 0 aromatic carbocycles. The average Bonchev–Trinajstić information content (AvgIpc) is 2.39. The molecule has 1 amide bonds. The second kappa shape index (κ2) is 4.54. The molecule has 0 aliphatic rings. The first-order valence-electron chi connectivity index (χ1n) is 4.70. The molecule has 2 aromatic heterocycles. The second-order valence-corrected chi connectivity index (χ2v) is 3.12. The van der Waals surface area contributed by atoms with Gasteiger partial charge in [0.15, 0.2) is 5.82 Å². The summed E-state index contributed by atoms with van der Waals surface area (Å²) in [6.07, 6.45) is 2.77. The molecule has 0 atom stereocenters. The molecule has 4 N–H and O–H groups in total. The molecule has 2 rings (SSSR count). The Morgan fingerprint density at radius 1 is 1.35 bits per heavy atom. The smallest absolute Gasteiger partial charge is 0.272 e. The van der Waals surface area contributed by atoms with Gasteiger partial charge in [-0.05, 0) is 12.1 Å². The summed E-state index contributed by atoms with van der Waals surface area (Å²) in [5.74, 6) is 4.08. The van der Waals surface area contributed by atoms with Gasteiger partial charge in [0.25, 0.3) is 5.91 Å². The lowest BCUT2D eigenvalue weighted by Crippen LogP contribution is -2.30. The second-order valence-electron chi connectivity index (χ2n) is 3.12. The first-order chi connectivity index (χ1) is 8.22. The van der Waals surface area contributed by atoms with Gasteiger partial charge in [-0.3, -0.25) is 15.2 Å². The van der Waals surface area contributed by atoms with E-state index in [1.165, 1.54) is 6.20 Å². The molecule has 0 saturated carbocycles. The summed E-state index contributed by atoms with van der Waals surface area (Å²) < 4.78 is 0. The van der Waals surface area contributed by atoms with Crippen LogP contribution in [0.2, 0.25) is 0 Å². The van der Waals surface area contributed by atoms with Gasteiger partial charge in [-0.2, -0.15) is 4.98 Å². The number of hydrogen-bond donors (Lipinski definition) is 3. The van der Waals surface area contributed by atoms with Crippen molar-refractivity contribution < 1.29 is 9.90 Å². The van der Waals surface area contributed by atoms with Crippen molar-refractivity contribution in [2.24, 2.45) is 5.84 Å². The van der Waals surface area contributed by atoms with E-state index in [0.29, 0.717) is 5.69 Å². The lowest BCUT2D eigenvalue weighted by Gasteiger charge is -2.03. The van der Waals surface area contributed by atoms with Gasteiger partial charge >= 0.3 is 0 Å². The van der Waals surface area contributed by atoms with Gasteiger partial charge in [0, 0.05) is 12.4 Å². The maximum absolute atomic E-state index is 11.2. The maximum Gasteiger partial charge on any atom is 0.272 e. The molecule has 2 heterocycles. The Labute approximate surface area is 96.3 Å². The normalized spacial score (nSPS) is 9.94. The van der Waals surface area contributed by atoms with Crippen molar-refractivity contribution in [2.45, 2.75) is 0 Å². The zero-order valence-electron chi connectivity index (χ0n) is 8.66. The number of aromatic hydroxyl groups is 1. The van der Waals surface area contributed by atoms with Crippen LogP contribution in [0.1, 0.15) is 10.4 Å². The van der Waals surface area contributed by atoms with Gasteiger partial charge < -0.3 is 5.11 Å². The van der Waals surface area contributed by atoms with E-state index in [1.54, 1.807) is 24.4 Å². The van der Waals surface area contributed by atoms with Crippen LogP contribution in [0.25, 0.3) is 11.5 Å². The zero-order chi connectivity index (χ0) is 12.3.